The maximum Gasteiger partial charge on any atom is 0.347 e. The minimum absolute atomic E-state index is 0.00424. The summed E-state index contributed by atoms with van der Waals surface area (Å²) in [7, 11) is 0.603. The first kappa shape index (κ1) is 62.5. The predicted octanol–water partition coefficient (Wildman–Crippen LogP) is 14.5. The van der Waals surface area contributed by atoms with Crippen molar-refractivity contribution in [3.05, 3.63) is 202 Å². The third kappa shape index (κ3) is 14.5. The maximum atomic E-state index is 14.1. The quantitative estimate of drug-likeness (QED) is 0.0375. The molecule has 1 aliphatic carbocycles. The Morgan fingerprint density at radius 3 is 2.14 bits per heavy atom. The highest BCUT2D eigenvalue weighted by Gasteiger charge is 2.35. The molecule has 1 N–H and O–H groups in total. The molecule has 7 aromatic carbocycles. The van der Waals surface area contributed by atoms with Gasteiger partial charge in [0.1, 0.15) is 65.0 Å². The van der Waals surface area contributed by atoms with Gasteiger partial charge in [0, 0.05) is 28.6 Å². The van der Waals surface area contributed by atoms with E-state index < -0.39 is 34.9 Å². The molecule has 3 aromatic heterocycles. The zero-order valence-corrected chi connectivity index (χ0v) is 52.7. The number of carbonyl (C=O) groups excluding carboxylic acids is 1. The number of aromatic nitrogens is 4. The van der Waals surface area contributed by atoms with Crippen molar-refractivity contribution in [3.63, 3.8) is 0 Å². The van der Waals surface area contributed by atoms with Crippen molar-refractivity contribution in [1.29, 1.82) is 0 Å². The van der Waals surface area contributed by atoms with Gasteiger partial charge in [-0.15, -0.1) is 11.3 Å². The number of esters is 1. The van der Waals surface area contributed by atoms with Gasteiger partial charge in [0.15, 0.2) is 5.82 Å². The van der Waals surface area contributed by atoms with Crippen molar-refractivity contribution in [2.75, 3.05) is 41.2 Å². The molecule has 17 nitrogen and oxygen atoms in total. The zero-order chi connectivity index (χ0) is 62.9. The van der Waals surface area contributed by atoms with Crippen LogP contribution in [0.1, 0.15) is 58.5 Å². The van der Waals surface area contributed by atoms with Crippen LogP contribution in [0.15, 0.2) is 169 Å². The fourth-order valence-electron chi connectivity index (χ4n) is 10.4. The Bertz CT molecular complexity index is 4300. The Morgan fingerprint density at radius 1 is 0.700 bits per heavy atom. The van der Waals surface area contributed by atoms with E-state index >= 15 is 0 Å². The molecular formula is C70H65ClN4O13S2. The molecule has 1 saturated carbocycles. The first-order chi connectivity index (χ1) is 43.7. The second kappa shape index (κ2) is 28.2. The number of carbonyl (C=O) groups is 1. The van der Waals surface area contributed by atoms with E-state index in [0.29, 0.717) is 55.7 Å². The van der Waals surface area contributed by atoms with Crippen LogP contribution < -0.4 is 28.4 Å². The van der Waals surface area contributed by atoms with E-state index in [2.05, 4.69) is 16.0 Å². The summed E-state index contributed by atoms with van der Waals surface area (Å²) in [6.45, 7) is 5.15. The molecule has 20 heteroatoms. The molecule has 90 heavy (non-hydrogen) atoms. The van der Waals surface area contributed by atoms with Crippen molar-refractivity contribution in [1.82, 2.24) is 19.9 Å². The lowest BCUT2D eigenvalue weighted by atomic mass is 9.94. The number of fused-ring (bicyclic) bond motifs is 1. The molecular weight excluding hydrogens is 1200 g/mol. The van der Waals surface area contributed by atoms with Gasteiger partial charge in [0.05, 0.1) is 67.7 Å². The fraction of sp³-hybridized carbons (Fsp3) is 0.243. The number of hydrogen-bond donors (Lipinski definition) is 1. The van der Waals surface area contributed by atoms with Gasteiger partial charge in [0.25, 0.3) is 10.1 Å². The molecule has 2 atom stereocenters. The summed E-state index contributed by atoms with van der Waals surface area (Å²) in [6, 6.07) is 45.6. The first-order valence-electron chi connectivity index (χ1n) is 29.1. The maximum absolute atomic E-state index is 14.1. The number of hydrogen-bond acceptors (Lipinski definition) is 18. The van der Waals surface area contributed by atoms with Crippen LogP contribution in [0.5, 0.6) is 40.4 Å². The van der Waals surface area contributed by atoms with E-state index in [9.17, 15) is 18.3 Å². The van der Waals surface area contributed by atoms with Gasteiger partial charge < -0.3 is 43.0 Å². The SMILES string of the molecule is CCOC(=O)C(Cc1cc(O)ccc1OCc1ccnc(-c2ccccc2OC)n1)Oc1ncnc2sc(C3CC3)c(-c3ccc(O[C@H](COCc4ccc(-c5ccc(OC)cc5)cc4-c4ccc(OC)cc4)COS(=O)(=O)c4ccc(C)cc4)c(Cl)c3C)c12. The lowest BCUT2D eigenvalue weighted by Gasteiger charge is -2.22. The number of thiophene rings is 1. The summed E-state index contributed by atoms with van der Waals surface area (Å²) in [5.41, 5.74) is 9.51. The van der Waals surface area contributed by atoms with Gasteiger partial charge in [0.2, 0.25) is 12.0 Å². The molecule has 0 spiro atoms. The number of aromatic hydroxyl groups is 1. The van der Waals surface area contributed by atoms with Gasteiger partial charge in [-0.3, -0.25) is 4.18 Å². The number of rotatable bonds is 27. The zero-order valence-electron chi connectivity index (χ0n) is 50.3. The minimum atomic E-state index is -4.24. The lowest BCUT2D eigenvalue weighted by molar-refractivity contribution is -0.151. The standard InChI is InChI=1S/C70H65ClN4O13S2/c1-7-84-70(77)62(36-49-34-51(76)22-30-59(49)85-38-50-32-33-72-67(75-50)57-10-8-9-11-60(57)82-6)88-68-64-63(66(46-14-15-46)89-69(64)74-41-73-68)56-29-31-61(65(71)43(56)3)87-54(40-86-90(78,79)55-27-12-42(2)13-28-55)39-83-37-48-17-16-47(44-18-23-52(80-4)24-19-44)35-58(48)45-20-25-53(81-5)26-21-45/h8-13,16-35,41,46,54,62,76H,7,14-15,36-40H2,1-6H3/t54-,62?/m1/s1. The van der Waals surface area contributed by atoms with Crippen LogP contribution in [-0.2, 0) is 48.2 Å². The van der Waals surface area contributed by atoms with Gasteiger partial charge in [-0.2, -0.15) is 8.42 Å². The van der Waals surface area contributed by atoms with E-state index in [-0.39, 0.29) is 66.1 Å². The van der Waals surface area contributed by atoms with E-state index in [1.807, 2.05) is 105 Å². The predicted molar refractivity (Wildman–Crippen MR) is 345 cm³/mol. The minimum Gasteiger partial charge on any atom is -0.508 e. The number of phenolic OH excluding ortho intramolecular Hbond substituents is 1. The van der Waals surface area contributed by atoms with Crippen LogP contribution in [0, 0.1) is 13.8 Å². The summed E-state index contributed by atoms with van der Waals surface area (Å²) in [5, 5.41) is 11.7. The van der Waals surface area contributed by atoms with Gasteiger partial charge in [-0.1, -0.05) is 83.9 Å². The third-order valence-electron chi connectivity index (χ3n) is 15.2. The number of nitrogens with zero attached hydrogens (tertiary/aromatic N) is 4. The van der Waals surface area contributed by atoms with E-state index in [0.717, 1.165) is 68.0 Å². The molecule has 0 bridgehead atoms. The van der Waals surface area contributed by atoms with Crippen molar-refractivity contribution >= 4 is 49.2 Å². The van der Waals surface area contributed by atoms with Crippen molar-refractivity contribution in [3.8, 4) is 85.1 Å². The Hall–Kier alpha value is -9.11. The number of phenols is 1. The van der Waals surface area contributed by atoms with Gasteiger partial charge in [-0.05, 0) is 163 Å². The molecule has 3 heterocycles. The van der Waals surface area contributed by atoms with Gasteiger partial charge in [-0.25, -0.2) is 24.7 Å². The Labute approximate surface area is 531 Å². The Morgan fingerprint density at radius 2 is 1.42 bits per heavy atom. The van der Waals surface area contributed by atoms with Crippen LogP contribution in [0.3, 0.4) is 0 Å². The first-order valence-corrected chi connectivity index (χ1v) is 31.7. The second-order valence-electron chi connectivity index (χ2n) is 21.4. The molecule has 1 unspecified atom stereocenters. The average Bonchev–Trinajstić information content (AvgIpc) is 1.71. The number of benzene rings is 7. The number of para-hydroxylation sites is 1. The molecule has 1 fully saturated rings. The van der Waals surface area contributed by atoms with Crippen molar-refractivity contribution in [2.24, 2.45) is 0 Å². The number of aryl methyl sites for hydroxylation is 1. The number of halogens is 1. The fourth-order valence-corrected chi connectivity index (χ4v) is 12.8. The summed E-state index contributed by atoms with van der Waals surface area (Å²) in [4.78, 5) is 34.3. The summed E-state index contributed by atoms with van der Waals surface area (Å²) in [6.07, 6.45) is 2.59. The Kier molecular flexibility index (Phi) is 19.6. The van der Waals surface area contributed by atoms with Crippen LogP contribution >= 0.6 is 22.9 Å². The van der Waals surface area contributed by atoms with E-state index in [4.69, 9.17) is 63.6 Å². The summed E-state index contributed by atoms with van der Waals surface area (Å²) < 4.78 is 81.5. The molecule has 1 aliphatic rings. The second-order valence-corrected chi connectivity index (χ2v) is 24.4. The monoisotopic (exact) mass is 1270 g/mol. The topological polar surface area (TPSA) is 206 Å². The normalized spacial score (nSPS) is 12.9. The number of methoxy groups -OCH3 is 3. The average molecular weight is 1270 g/mol. The van der Waals surface area contributed by atoms with E-state index in [1.165, 1.54) is 41.9 Å². The lowest BCUT2D eigenvalue weighted by Crippen LogP contribution is -2.32. The van der Waals surface area contributed by atoms with E-state index in [1.54, 1.807) is 64.8 Å². The van der Waals surface area contributed by atoms with Crippen molar-refractivity contribution in [2.45, 2.75) is 76.3 Å². The molecule has 0 amide bonds. The van der Waals surface area contributed by atoms with Crippen LogP contribution in [0.2, 0.25) is 5.02 Å². The summed E-state index contributed by atoms with van der Waals surface area (Å²) >= 11 is 8.92. The highest BCUT2D eigenvalue weighted by molar-refractivity contribution is 7.86. The molecule has 11 rings (SSSR count). The highest BCUT2D eigenvalue weighted by Crippen LogP contribution is 2.54. The van der Waals surface area contributed by atoms with Gasteiger partial charge >= 0.3 is 5.97 Å². The van der Waals surface area contributed by atoms with Crippen LogP contribution in [-0.4, -0.2) is 92.8 Å². The summed E-state index contributed by atoms with van der Waals surface area (Å²) in [5.74, 6) is 2.81. The molecule has 0 aliphatic heterocycles. The smallest absolute Gasteiger partial charge is 0.347 e. The highest BCUT2D eigenvalue weighted by atomic mass is 35.5. The van der Waals surface area contributed by atoms with Crippen molar-refractivity contribution < 1.29 is 60.4 Å². The Balaban J connectivity index is 0.880. The molecule has 10 aromatic rings. The molecule has 462 valence electrons. The molecule has 0 saturated heterocycles. The third-order valence-corrected chi connectivity index (χ3v) is 18.3. The largest absolute Gasteiger partial charge is 0.508 e. The number of ether oxygens (including phenoxy) is 8. The van der Waals surface area contributed by atoms with Crippen LogP contribution in [0.25, 0.3) is 55.0 Å². The molecule has 0 radical (unpaired) electrons. The van der Waals surface area contributed by atoms with Crippen LogP contribution in [0.4, 0.5) is 0 Å².